The fraction of sp³-hybridized carbons (Fsp3) is 0.217. The second-order valence-electron chi connectivity index (χ2n) is 7.47. The molecule has 1 atom stereocenters. The molecule has 2 aromatic carbocycles. The van der Waals surface area contributed by atoms with Crippen LogP contribution in [-0.2, 0) is 10.2 Å². The Morgan fingerprint density at radius 1 is 1.00 bits per heavy atom. The fourth-order valence-corrected chi connectivity index (χ4v) is 4.51. The maximum Gasteiger partial charge on any atom is 0.245 e. The molecular weight excluding hydrogens is 384 g/mol. The van der Waals surface area contributed by atoms with E-state index < -0.39 is 5.41 Å². The molecule has 4 heterocycles. The topological polar surface area (TPSA) is 70.1 Å². The smallest absolute Gasteiger partial charge is 0.245 e. The van der Waals surface area contributed by atoms with Gasteiger partial charge in [-0.25, -0.2) is 4.98 Å². The molecule has 0 aliphatic carbocycles. The standard InChI is InChI=1S/C23H18N2O5/c1-25-15-5-4-6-16(30-20-7-2-3-8-24-20)21(15)23(22(25)26)13-29-17-12-19-18(11-14(17)23)27-9-10-28-19/h2-8,11-12H,9-10,13H2,1H3/t23-/m0/s1. The molecule has 1 aromatic heterocycles. The maximum absolute atomic E-state index is 13.6. The first-order chi connectivity index (χ1) is 14.7. The molecule has 3 aromatic rings. The monoisotopic (exact) mass is 402 g/mol. The van der Waals surface area contributed by atoms with Gasteiger partial charge in [0.2, 0.25) is 11.8 Å². The molecule has 3 aliphatic rings. The number of anilines is 1. The zero-order valence-corrected chi connectivity index (χ0v) is 16.3. The van der Waals surface area contributed by atoms with E-state index in [9.17, 15) is 4.79 Å². The summed E-state index contributed by atoms with van der Waals surface area (Å²) in [6, 6.07) is 14.8. The maximum atomic E-state index is 13.6. The molecule has 0 unspecified atom stereocenters. The van der Waals surface area contributed by atoms with E-state index in [0.717, 1.165) is 16.8 Å². The molecule has 1 spiro atoms. The van der Waals surface area contributed by atoms with Crippen LogP contribution in [0.15, 0.2) is 54.7 Å². The van der Waals surface area contributed by atoms with Crippen LogP contribution in [0.1, 0.15) is 11.1 Å². The van der Waals surface area contributed by atoms with Crippen LogP contribution < -0.4 is 23.8 Å². The highest BCUT2D eigenvalue weighted by Gasteiger charge is 2.58. The van der Waals surface area contributed by atoms with E-state index in [1.807, 2.05) is 42.5 Å². The summed E-state index contributed by atoms with van der Waals surface area (Å²) in [5.74, 6) is 2.86. The quantitative estimate of drug-likeness (QED) is 0.655. The highest BCUT2D eigenvalue weighted by atomic mass is 16.6. The molecule has 0 N–H and O–H groups in total. The number of carbonyl (C=O) groups excluding carboxylic acids is 1. The third-order valence-electron chi connectivity index (χ3n) is 5.86. The summed E-state index contributed by atoms with van der Waals surface area (Å²) in [6.45, 7) is 1.14. The largest absolute Gasteiger partial charge is 0.491 e. The summed E-state index contributed by atoms with van der Waals surface area (Å²) < 4.78 is 23.6. The van der Waals surface area contributed by atoms with Crippen molar-refractivity contribution in [3.05, 3.63) is 65.9 Å². The summed E-state index contributed by atoms with van der Waals surface area (Å²) in [7, 11) is 1.77. The molecular formula is C23H18N2O5. The Bertz CT molecular complexity index is 1180. The third kappa shape index (κ3) is 2.20. The number of hydrogen-bond donors (Lipinski definition) is 0. The Morgan fingerprint density at radius 3 is 2.63 bits per heavy atom. The molecule has 150 valence electrons. The van der Waals surface area contributed by atoms with Crippen LogP contribution in [-0.4, -0.2) is 37.8 Å². The predicted molar refractivity (Wildman–Crippen MR) is 108 cm³/mol. The van der Waals surface area contributed by atoms with Crippen LogP contribution in [0.2, 0.25) is 0 Å². The molecule has 7 heteroatoms. The van der Waals surface area contributed by atoms with Gasteiger partial charge in [-0.1, -0.05) is 12.1 Å². The van der Waals surface area contributed by atoms with Crippen LogP contribution in [0.4, 0.5) is 5.69 Å². The first-order valence-electron chi connectivity index (χ1n) is 9.76. The Morgan fingerprint density at radius 2 is 1.83 bits per heavy atom. The highest BCUT2D eigenvalue weighted by Crippen LogP contribution is 2.57. The Labute approximate surface area is 172 Å². The van der Waals surface area contributed by atoms with E-state index >= 15 is 0 Å². The normalized spacial score (nSPS) is 20.7. The van der Waals surface area contributed by atoms with Crippen LogP contribution in [0.5, 0.6) is 28.9 Å². The average molecular weight is 402 g/mol. The van der Waals surface area contributed by atoms with Crippen molar-refractivity contribution in [2.75, 3.05) is 31.8 Å². The minimum absolute atomic E-state index is 0.0648. The number of rotatable bonds is 2. The van der Waals surface area contributed by atoms with Gasteiger partial charge in [-0.05, 0) is 24.3 Å². The molecule has 0 saturated carbocycles. The van der Waals surface area contributed by atoms with Crippen molar-refractivity contribution >= 4 is 11.6 Å². The molecule has 6 rings (SSSR count). The second kappa shape index (κ2) is 6.13. The van der Waals surface area contributed by atoms with Crippen molar-refractivity contribution in [3.63, 3.8) is 0 Å². The summed E-state index contributed by atoms with van der Waals surface area (Å²) in [4.78, 5) is 19.6. The summed E-state index contributed by atoms with van der Waals surface area (Å²) in [6.07, 6.45) is 1.67. The molecule has 0 fully saturated rings. The van der Waals surface area contributed by atoms with Gasteiger partial charge in [-0.15, -0.1) is 0 Å². The van der Waals surface area contributed by atoms with Crippen molar-refractivity contribution in [2.45, 2.75) is 5.41 Å². The minimum atomic E-state index is -1.01. The third-order valence-corrected chi connectivity index (χ3v) is 5.86. The molecule has 7 nitrogen and oxygen atoms in total. The van der Waals surface area contributed by atoms with Crippen LogP contribution in [0.25, 0.3) is 0 Å². The number of fused-ring (bicyclic) bond motifs is 5. The zero-order chi connectivity index (χ0) is 20.3. The SMILES string of the molecule is CN1C(=O)[C@]2(COc3cc4c(cc32)OCCO4)c2c(Oc3ccccn3)cccc21. The van der Waals surface area contributed by atoms with Crippen LogP contribution >= 0.6 is 0 Å². The number of pyridine rings is 1. The lowest BCUT2D eigenvalue weighted by atomic mass is 9.76. The van der Waals surface area contributed by atoms with Crippen molar-refractivity contribution in [2.24, 2.45) is 0 Å². The van der Waals surface area contributed by atoms with E-state index in [2.05, 4.69) is 4.98 Å². The first kappa shape index (κ1) is 17.1. The average Bonchev–Trinajstić information content (AvgIpc) is 3.25. The Kier molecular flexibility index (Phi) is 3.50. The number of ether oxygens (including phenoxy) is 4. The van der Waals surface area contributed by atoms with Crippen molar-refractivity contribution in [3.8, 4) is 28.9 Å². The van der Waals surface area contributed by atoms with Gasteiger partial charge in [0.15, 0.2) is 11.5 Å². The van der Waals surface area contributed by atoms with Crippen molar-refractivity contribution in [1.29, 1.82) is 0 Å². The minimum Gasteiger partial charge on any atom is -0.491 e. The van der Waals surface area contributed by atoms with Gasteiger partial charge in [0.1, 0.15) is 36.7 Å². The van der Waals surface area contributed by atoms with Gasteiger partial charge < -0.3 is 23.8 Å². The van der Waals surface area contributed by atoms with E-state index in [-0.39, 0.29) is 12.5 Å². The number of nitrogens with zero attached hydrogens (tertiary/aromatic N) is 2. The summed E-state index contributed by atoms with van der Waals surface area (Å²) in [5, 5.41) is 0. The number of benzene rings is 2. The highest BCUT2D eigenvalue weighted by molar-refractivity contribution is 6.12. The second-order valence-corrected chi connectivity index (χ2v) is 7.47. The van der Waals surface area contributed by atoms with Gasteiger partial charge in [-0.2, -0.15) is 0 Å². The van der Waals surface area contributed by atoms with E-state index in [4.69, 9.17) is 18.9 Å². The molecule has 30 heavy (non-hydrogen) atoms. The van der Waals surface area contributed by atoms with Crippen molar-refractivity contribution < 1.29 is 23.7 Å². The van der Waals surface area contributed by atoms with Crippen LogP contribution in [0.3, 0.4) is 0 Å². The molecule has 0 radical (unpaired) electrons. The Hall–Kier alpha value is -3.74. The van der Waals surface area contributed by atoms with E-state index in [1.165, 1.54) is 0 Å². The van der Waals surface area contributed by atoms with Crippen molar-refractivity contribution in [1.82, 2.24) is 4.98 Å². The van der Waals surface area contributed by atoms with Gasteiger partial charge in [0.05, 0.1) is 5.69 Å². The fourth-order valence-electron chi connectivity index (χ4n) is 4.51. The summed E-state index contributed by atoms with van der Waals surface area (Å²) >= 11 is 0. The zero-order valence-electron chi connectivity index (χ0n) is 16.3. The van der Waals surface area contributed by atoms with Gasteiger partial charge in [0.25, 0.3) is 0 Å². The molecule has 3 aliphatic heterocycles. The lowest BCUT2D eigenvalue weighted by Gasteiger charge is -2.24. The number of likely N-dealkylation sites (N-methyl/N-ethyl adjacent to an activating group) is 1. The lowest BCUT2D eigenvalue weighted by Crippen LogP contribution is -2.41. The lowest BCUT2D eigenvalue weighted by molar-refractivity contribution is -0.121. The number of hydrogen-bond acceptors (Lipinski definition) is 6. The molecule has 0 saturated heterocycles. The molecule has 1 amide bonds. The number of aromatic nitrogens is 1. The van der Waals surface area contributed by atoms with Gasteiger partial charge in [0, 0.05) is 36.5 Å². The number of amides is 1. The van der Waals surface area contributed by atoms with Gasteiger partial charge in [-0.3, -0.25) is 4.79 Å². The number of carbonyl (C=O) groups is 1. The van der Waals surface area contributed by atoms with E-state index in [0.29, 0.717) is 42.1 Å². The Balaban J connectivity index is 1.56. The summed E-state index contributed by atoms with van der Waals surface area (Å²) in [5.41, 5.74) is 1.32. The van der Waals surface area contributed by atoms with Crippen LogP contribution in [0, 0.1) is 0 Å². The molecule has 0 bridgehead atoms. The van der Waals surface area contributed by atoms with E-state index in [1.54, 1.807) is 24.2 Å². The first-order valence-corrected chi connectivity index (χ1v) is 9.76. The van der Waals surface area contributed by atoms with Gasteiger partial charge >= 0.3 is 0 Å². The predicted octanol–water partition coefficient (Wildman–Crippen LogP) is 3.30.